The molecule has 132 valence electrons. The van der Waals surface area contributed by atoms with Gasteiger partial charge in [0, 0.05) is 30.2 Å². The summed E-state index contributed by atoms with van der Waals surface area (Å²) in [4.78, 5) is 14.6. The summed E-state index contributed by atoms with van der Waals surface area (Å²) in [5.74, 6) is -0.0355. The van der Waals surface area contributed by atoms with Crippen LogP contribution < -0.4 is 15.5 Å². The highest BCUT2D eigenvalue weighted by atomic mass is 16.1. The van der Waals surface area contributed by atoms with Crippen molar-refractivity contribution in [2.24, 2.45) is 0 Å². The van der Waals surface area contributed by atoms with Crippen molar-refractivity contribution in [2.75, 3.05) is 35.2 Å². The number of anilines is 3. The smallest absolute Gasteiger partial charge is 0.243 e. The Hall–Kier alpha value is -2.49. The van der Waals surface area contributed by atoms with Gasteiger partial charge in [-0.2, -0.15) is 0 Å². The Morgan fingerprint density at radius 1 is 1.00 bits per heavy atom. The summed E-state index contributed by atoms with van der Waals surface area (Å²) in [6, 6.07) is 14.2. The molecular formula is C21H27N3O. The second kappa shape index (κ2) is 8.06. The van der Waals surface area contributed by atoms with E-state index in [1.807, 2.05) is 24.3 Å². The average molecular weight is 337 g/mol. The lowest BCUT2D eigenvalue weighted by Gasteiger charge is -2.28. The van der Waals surface area contributed by atoms with Crippen LogP contribution in [0.25, 0.3) is 0 Å². The van der Waals surface area contributed by atoms with E-state index in [1.165, 1.54) is 36.1 Å². The Labute approximate surface area is 150 Å². The first-order chi connectivity index (χ1) is 12.1. The van der Waals surface area contributed by atoms with E-state index in [9.17, 15) is 4.79 Å². The van der Waals surface area contributed by atoms with Crippen molar-refractivity contribution in [3.63, 3.8) is 0 Å². The minimum absolute atomic E-state index is 0.0355. The summed E-state index contributed by atoms with van der Waals surface area (Å²) in [7, 11) is 0. The highest BCUT2D eigenvalue weighted by Gasteiger charge is 2.11. The van der Waals surface area contributed by atoms with E-state index in [4.69, 9.17) is 0 Å². The first kappa shape index (κ1) is 17.3. The van der Waals surface area contributed by atoms with Crippen LogP contribution in [0.2, 0.25) is 0 Å². The van der Waals surface area contributed by atoms with Crippen LogP contribution in [0.3, 0.4) is 0 Å². The van der Waals surface area contributed by atoms with Crippen molar-refractivity contribution in [1.82, 2.24) is 0 Å². The summed E-state index contributed by atoms with van der Waals surface area (Å²) >= 11 is 0. The molecule has 0 aromatic heterocycles. The molecule has 3 rings (SSSR count). The van der Waals surface area contributed by atoms with Gasteiger partial charge in [0.1, 0.15) is 0 Å². The van der Waals surface area contributed by atoms with Crippen LogP contribution in [0.4, 0.5) is 17.1 Å². The number of piperidine rings is 1. The number of carbonyl (C=O) groups excluding carboxylic acids is 1. The van der Waals surface area contributed by atoms with Crippen LogP contribution in [-0.2, 0) is 4.79 Å². The zero-order valence-corrected chi connectivity index (χ0v) is 15.1. The van der Waals surface area contributed by atoms with Crippen molar-refractivity contribution in [1.29, 1.82) is 0 Å². The Morgan fingerprint density at radius 3 is 2.44 bits per heavy atom. The van der Waals surface area contributed by atoms with Gasteiger partial charge in [-0.15, -0.1) is 0 Å². The molecule has 2 aromatic rings. The molecule has 0 atom stereocenters. The number of nitrogens with one attached hydrogen (secondary N) is 2. The van der Waals surface area contributed by atoms with Crippen LogP contribution in [0.1, 0.15) is 30.4 Å². The van der Waals surface area contributed by atoms with Crippen molar-refractivity contribution in [2.45, 2.75) is 33.1 Å². The van der Waals surface area contributed by atoms with E-state index in [1.54, 1.807) is 0 Å². The van der Waals surface area contributed by atoms with Gasteiger partial charge < -0.3 is 15.5 Å². The largest absolute Gasteiger partial charge is 0.376 e. The van der Waals surface area contributed by atoms with E-state index >= 15 is 0 Å². The van der Waals surface area contributed by atoms with Gasteiger partial charge in [0.2, 0.25) is 5.91 Å². The van der Waals surface area contributed by atoms with E-state index in [0.29, 0.717) is 0 Å². The first-order valence-electron chi connectivity index (χ1n) is 9.08. The molecule has 1 amide bonds. The summed E-state index contributed by atoms with van der Waals surface area (Å²) in [5.41, 5.74) is 5.50. The fourth-order valence-corrected chi connectivity index (χ4v) is 3.23. The van der Waals surface area contributed by atoms with E-state index in [-0.39, 0.29) is 12.5 Å². The molecule has 1 saturated heterocycles. The predicted molar refractivity (Wildman–Crippen MR) is 106 cm³/mol. The maximum atomic E-state index is 12.2. The van der Waals surface area contributed by atoms with Gasteiger partial charge in [0.15, 0.2) is 0 Å². The number of hydrogen-bond donors (Lipinski definition) is 2. The predicted octanol–water partition coefficient (Wildman–Crippen LogP) is 4.34. The van der Waals surface area contributed by atoms with Gasteiger partial charge in [0.05, 0.1) is 6.54 Å². The molecule has 0 bridgehead atoms. The Morgan fingerprint density at radius 2 is 1.72 bits per heavy atom. The number of benzene rings is 2. The van der Waals surface area contributed by atoms with Crippen LogP contribution in [0, 0.1) is 13.8 Å². The standard InChI is InChI=1S/C21H27N3O/c1-16-7-6-8-20(17(16)2)22-15-21(25)23-18-9-11-19(12-10-18)24-13-4-3-5-14-24/h6-12,22H,3-5,13-15H2,1-2H3,(H,23,25). The molecule has 0 aliphatic carbocycles. The minimum atomic E-state index is -0.0355. The molecule has 4 heteroatoms. The monoisotopic (exact) mass is 337 g/mol. The molecular weight excluding hydrogens is 310 g/mol. The Balaban J connectivity index is 1.53. The van der Waals surface area contributed by atoms with Crippen molar-refractivity contribution in [3.05, 3.63) is 53.6 Å². The van der Waals surface area contributed by atoms with Gasteiger partial charge in [-0.05, 0) is 74.6 Å². The molecule has 0 saturated carbocycles. The number of nitrogens with zero attached hydrogens (tertiary/aromatic N) is 1. The molecule has 25 heavy (non-hydrogen) atoms. The second-order valence-electron chi connectivity index (χ2n) is 6.74. The maximum Gasteiger partial charge on any atom is 0.243 e. The molecule has 2 N–H and O–H groups in total. The van der Waals surface area contributed by atoms with Gasteiger partial charge in [-0.25, -0.2) is 0 Å². The fourth-order valence-electron chi connectivity index (χ4n) is 3.23. The molecule has 0 radical (unpaired) electrons. The molecule has 1 aliphatic heterocycles. The Bertz CT molecular complexity index is 718. The Kier molecular flexibility index (Phi) is 5.59. The highest BCUT2D eigenvalue weighted by molar-refractivity contribution is 5.94. The quantitative estimate of drug-likeness (QED) is 0.853. The topological polar surface area (TPSA) is 44.4 Å². The zero-order valence-electron chi connectivity index (χ0n) is 15.1. The van der Waals surface area contributed by atoms with Gasteiger partial charge in [0.25, 0.3) is 0 Å². The number of hydrogen-bond acceptors (Lipinski definition) is 3. The number of rotatable bonds is 5. The SMILES string of the molecule is Cc1cccc(NCC(=O)Nc2ccc(N3CCCCC3)cc2)c1C. The van der Waals surface area contributed by atoms with E-state index < -0.39 is 0 Å². The van der Waals surface area contributed by atoms with Crippen LogP contribution >= 0.6 is 0 Å². The molecule has 1 fully saturated rings. The maximum absolute atomic E-state index is 12.2. The second-order valence-corrected chi connectivity index (χ2v) is 6.74. The average Bonchev–Trinajstić information content (AvgIpc) is 2.64. The normalized spacial score (nSPS) is 14.2. The van der Waals surface area contributed by atoms with Crippen molar-refractivity contribution >= 4 is 23.0 Å². The molecule has 1 aliphatic rings. The molecule has 0 spiro atoms. The third-order valence-electron chi connectivity index (χ3n) is 4.92. The van der Waals surface area contributed by atoms with Crippen LogP contribution in [0.15, 0.2) is 42.5 Å². The molecule has 1 heterocycles. The van der Waals surface area contributed by atoms with Gasteiger partial charge >= 0.3 is 0 Å². The van der Waals surface area contributed by atoms with E-state index in [0.717, 1.165) is 24.5 Å². The number of amides is 1. The lowest BCUT2D eigenvalue weighted by atomic mass is 10.1. The summed E-state index contributed by atoms with van der Waals surface area (Å²) in [5, 5.41) is 6.17. The summed E-state index contributed by atoms with van der Waals surface area (Å²) in [6.45, 7) is 6.66. The number of aryl methyl sites for hydroxylation is 1. The summed E-state index contributed by atoms with van der Waals surface area (Å²) < 4.78 is 0. The molecule has 0 unspecified atom stereocenters. The lowest BCUT2D eigenvalue weighted by Crippen LogP contribution is -2.29. The number of carbonyl (C=O) groups is 1. The van der Waals surface area contributed by atoms with Gasteiger partial charge in [-0.3, -0.25) is 4.79 Å². The van der Waals surface area contributed by atoms with Crippen LogP contribution in [0.5, 0.6) is 0 Å². The zero-order chi connectivity index (χ0) is 17.6. The fraction of sp³-hybridized carbons (Fsp3) is 0.381. The first-order valence-corrected chi connectivity index (χ1v) is 9.08. The summed E-state index contributed by atoms with van der Waals surface area (Å²) in [6.07, 6.45) is 3.86. The lowest BCUT2D eigenvalue weighted by molar-refractivity contribution is -0.114. The van der Waals surface area contributed by atoms with Gasteiger partial charge in [-0.1, -0.05) is 12.1 Å². The third kappa shape index (κ3) is 4.53. The molecule has 4 nitrogen and oxygen atoms in total. The van der Waals surface area contributed by atoms with E-state index in [2.05, 4.69) is 47.6 Å². The van der Waals surface area contributed by atoms with Crippen molar-refractivity contribution in [3.8, 4) is 0 Å². The minimum Gasteiger partial charge on any atom is -0.376 e. The van der Waals surface area contributed by atoms with Crippen molar-refractivity contribution < 1.29 is 4.79 Å². The molecule has 2 aromatic carbocycles. The third-order valence-corrected chi connectivity index (χ3v) is 4.92. The highest BCUT2D eigenvalue weighted by Crippen LogP contribution is 2.22. The van der Waals surface area contributed by atoms with Crippen LogP contribution in [-0.4, -0.2) is 25.5 Å².